The molecule has 1 fully saturated rings. The fourth-order valence-electron chi connectivity index (χ4n) is 2.28. The monoisotopic (exact) mass is 242 g/mol. The average molecular weight is 242 g/mol. The van der Waals surface area contributed by atoms with Crippen LogP contribution >= 0.6 is 0 Å². The zero-order valence-electron chi connectivity index (χ0n) is 11.9. The molecule has 1 unspecified atom stereocenters. The molecule has 0 aromatic carbocycles. The molecule has 0 radical (unpaired) electrons. The number of ether oxygens (including phenoxy) is 1. The third-order valence-electron chi connectivity index (χ3n) is 3.79. The van der Waals surface area contributed by atoms with Crippen LogP contribution in [0.4, 0.5) is 0 Å². The number of rotatable bonds is 8. The second kappa shape index (κ2) is 8.90. The molecule has 1 saturated heterocycles. The van der Waals surface area contributed by atoms with Crippen molar-refractivity contribution in [3.63, 3.8) is 0 Å². The van der Waals surface area contributed by atoms with Gasteiger partial charge < -0.3 is 15.0 Å². The Morgan fingerprint density at radius 2 is 2.06 bits per heavy atom. The molecule has 1 heterocycles. The van der Waals surface area contributed by atoms with E-state index in [0.717, 1.165) is 32.2 Å². The standard InChI is InChI=1S/C14H30N2O/c1-4-5-8-15-11-13(2)16(3)12-14-6-9-17-10-7-14/h13-15H,4-12H2,1-3H3. The Labute approximate surface area is 107 Å². The van der Waals surface area contributed by atoms with Gasteiger partial charge >= 0.3 is 0 Å². The zero-order valence-corrected chi connectivity index (χ0v) is 11.9. The minimum absolute atomic E-state index is 0.634. The first-order chi connectivity index (χ1) is 8.24. The highest BCUT2D eigenvalue weighted by Gasteiger charge is 2.18. The van der Waals surface area contributed by atoms with Crippen LogP contribution in [-0.2, 0) is 4.74 Å². The summed E-state index contributed by atoms with van der Waals surface area (Å²) in [5.74, 6) is 0.840. The summed E-state index contributed by atoms with van der Waals surface area (Å²) >= 11 is 0. The predicted molar refractivity (Wildman–Crippen MR) is 73.4 cm³/mol. The van der Waals surface area contributed by atoms with Crippen molar-refractivity contribution in [3.05, 3.63) is 0 Å². The van der Waals surface area contributed by atoms with E-state index in [-0.39, 0.29) is 0 Å². The van der Waals surface area contributed by atoms with Crippen LogP contribution in [0.1, 0.15) is 39.5 Å². The number of hydrogen-bond acceptors (Lipinski definition) is 3. The van der Waals surface area contributed by atoms with Crippen LogP contribution in [0.3, 0.4) is 0 Å². The van der Waals surface area contributed by atoms with Gasteiger partial charge in [-0.15, -0.1) is 0 Å². The van der Waals surface area contributed by atoms with E-state index in [2.05, 4.69) is 31.1 Å². The second-order valence-corrected chi connectivity index (χ2v) is 5.40. The Bertz CT molecular complexity index is 181. The quantitative estimate of drug-likeness (QED) is 0.660. The van der Waals surface area contributed by atoms with Crippen molar-refractivity contribution >= 4 is 0 Å². The summed E-state index contributed by atoms with van der Waals surface area (Å²) in [6.45, 7) is 9.97. The average Bonchev–Trinajstić information content (AvgIpc) is 2.35. The van der Waals surface area contributed by atoms with Crippen LogP contribution in [0.2, 0.25) is 0 Å². The van der Waals surface area contributed by atoms with Gasteiger partial charge in [-0.3, -0.25) is 0 Å². The molecule has 1 N–H and O–H groups in total. The SMILES string of the molecule is CCCCNCC(C)N(C)CC1CCOCC1. The van der Waals surface area contributed by atoms with Crippen molar-refractivity contribution in [2.24, 2.45) is 5.92 Å². The summed E-state index contributed by atoms with van der Waals surface area (Å²) in [6, 6.07) is 0.634. The molecule has 1 aliphatic heterocycles. The van der Waals surface area contributed by atoms with E-state index in [1.54, 1.807) is 0 Å². The summed E-state index contributed by atoms with van der Waals surface area (Å²) in [7, 11) is 2.25. The topological polar surface area (TPSA) is 24.5 Å². The van der Waals surface area contributed by atoms with Crippen molar-refractivity contribution in [2.75, 3.05) is 39.9 Å². The normalized spacial score (nSPS) is 19.8. The van der Waals surface area contributed by atoms with Crippen molar-refractivity contribution in [3.8, 4) is 0 Å². The minimum Gasteiger partial charge on any atom is -0.381 e. The fourth-order valence-corrected chi connectivity index (χ4v) is 2.28. The predicted octanol–water partition coefficient (Wildman–Crippen LogP) is 2.12. The summed E-state index contributed by atoms with van der Waals surface area (Å²) in [5, 5.41) is 3.54. The highest BCUT2D eigenvalue weighted by Crippen LogP contribution is 2.16. The van der Waals surface area contributed by atoms with E-state index >= 15 is 0 Å². The van der Waals surface area contributed by atoms with Gasteiger partial charge in [-0.05, 0) is 45.7 Å². The molecule has 3 heteroatoms. The maximum atomic E-state index is 5.40. The molecule has 17 heavy (non-hydrogen) atoms. The molecular weight excluding hydrogens is 212 g/mol. The van der Waals surface area contributed by atoms with E-state index in [0.29, 0.717) is 6.04 Å². The lowest BCUT2D eigenvalue weighted by Gasteiger charge is -2.31. The van der Waals surface area contributed by atoms with Gasteiger partial charge in [0.2, 0.25) is 0 Å². The first kappa shape index (κ1) is 14.9. The maximum Gasteiger partial charge on any atom is 0.0469 e. The Balaban J connectivity index is 2.10. The molecule has 1 rings (SSSR count). The zero-order chi connectivity index (χ0) is 12.5. The Morgan fingerprint density at radius 3 is 2.71 bits per heavy atom. The van der Waals surface area contributed by atoms with Crippen LogP contribution < -0.4 is 5.32 Å². The van der Waals surface area contributed by atoms with Gasteiger partial charge in [0.25, 0.3) is 0 Å². The molecule has 0 bridgehead atoms. The third kappa shape index (κ3) is 6.39. The van der Waals surface area contributed by atoms with Gasteiger partial charge in [0.05, 0.1) is 0 Å². The lowest BCUT2D eigenvalue weighted by atomic mass is 9.99. The number of likely N-dealkylation sites (N-methyl/N-ethyl adjacent to an activating group) is 1. The molecule has 0 aromatic heterocycles. The van der Waals surface area contributed by atoms with Gasteiger partial charge in [-0.2, -0.15) is 0 Å². The van der Waals surface area contributed by atoms with Crippen LogP contribution in [0.5, 0.6) is 0 Å². The van der Waals surface area contributed by atoms with Gasteiger partial charge in [-0.1, -0.05) is 13.3 Å². The summed E-state index contributed by atoms with van der Waals surface area (Å²) in [5.41, 5.74) is 0. The Hall–Kier alpha value is -0.120. The van der Waals surface area contributed by atoms with Crippen LogP contribution in [0.15, 0.2) is 0 Å². The van der Waals surface area contributed by atoms with E-state index in [9.17, 15) is 0 Å². The van der Waals surface area contributed by atoms with Gasteiger partial charge in [0.15, 0.2) is 0 Å². The van der Waals surface area contributed by atoms with E-state index in [4.69, 9.17) is 4.74 Å². The first-order valence-electron chi connectivity index (χ1n) is 7.22. The minimum atomic E-state index is 0.634. The van der Waals surface area contributed by atoms with E-state index in [1.165, 1.54) is 32.2 Å². The molecule has 1 atom stereocenters. The highest BCUT2D eigenvalue weighted by atomic mass is 16.5. The Kier molecular flexibility index (Phi) is 7.82. The molecule has 102 valence electrons. The second-order valence-electron chi connectivity index (χ2n) is 5.40. The number of unbranched alkanes of at least 4 members (excludes halogenated alkanes) is 1. The van der Waals surface area contributed by atoms with Crippen molar-refractivity contribution in [1.82, 2.24) is 10.2 Å². The number of nitrogens with one attached hydrogen (secondary N) is 1. The molecular formula is C14H30N2O. The summed E-state index contributed by atoms with van der Waals surface area (Å²) in [4.78, 5) is 2.49. The van der Waals surface area contributed by atoms with E-state index < -0.39 is 0 Å². The first-order valence-corrected chi connectivity index (χ1v) is 7.22. The molecule has 3 nitrogen and oxygen atoms in total. The van der Waals surface area contributed by atoms with Crippen molar-refractivity contribution < 1.29 is 4.74 Å². The molecule has 1 aliphatic rings. The lowest BCUT2D eigenvalue weighted by Crippen LogP contribution is -2.41. The largest absolute Gasteiger partial charge is 0.381 e. The maximum absolute atomic E-state index is 5.40. The van der Waals surface area contributed by atoms with Crippen LogP contribution in [0.25, 0.3) is 0 Å². The molecule has 0 aromatic rings. The third-order valence-corrected chi connectivity index (χ3v) is 3.79. The van der Waals surface area contributed by atoms with E-state index in [1.807, 2.05) is 0 Å². The van der Waals surface area contributed by atoms with Crippen LogP contribution in [0, 0.1) is 5.92 Å². The summed E-state index contributed by atoms with van der Waals surface area (Å²) in [6.07, 6.45) is 5.04. The Morgan fingerprint density at radius 1 is 1.35 bits per heavy atom. The van der Waals surface area contributed by atoms with Crippen molar-refractivity contribution in [1.29, 1.82) is 0 Å². The number of nitrogens with zero attached hydrogens (tertiary/aromatic N) is 1. The fraction of sp³-hybridized carbons (Fsp3) is 1.00. The van der Waals surface area contributed by atoms with Gasteiger partial charge in [0, 0.05) is 32.3 Å². The van der Waals surface area contributed by atoms with Crippen molar-refractivity contribution in [2.45, 2.75) is 45.6 Å². The summed E-state index contributed by atoms with van der Waals surface area (Å²) < 4.78 is 5.40. The highest BCUT2D eigenvalue weighted by molar-refractivity contribution is 4.72. The van der Waals surface area contributed by atoms with Gasteiger partial charge in [0.1, 0.15) is 0 Å². The number of hydrogen-bond donors (Lipinski definition) is 1. The lowest BCUT2D eigenvalue weighted by molar-refractivity contribution is 0.0513. The smallest absolute Gasteiger partial charge is 0.0469 e. The molecule has 0 amide bonds. The molecule has 0 aliphatic carbocycles. The van der Waals surface area contributed by atoms with Gasteiger partial charge in [-0.25, -0.2) is 0 Å². The van der Waals surface area contributed by atoms with Crippen LogP contribution in [-0.4, -0.2) is 50.8 Å². The molecule has 0 saturated carbocycles. The molecule has 0 spiro atoms.